The van der Waals surface area contributed by atoms with Crippen molar-refractivity contribution in [1.29, 1.82) is 0 Å². The molecule has 1 unspecified atom stereocenters. The highest BCUT2D eigenvalue weighted by molar-refractivity contribution is 7.98. The van der Waals surface area contributed by atoms with Gasteiger partial charge >= 0.3 is 0 Å². The molecule has 0 spiro atoms. The molecular weight excluding hydrogens is 677 g/mol. The third kappa shape index (κ3) is 9.80. The summed E-state index contributed by atoms with van der Waals surface area (Å²) in [4.78, 5) is 29.5. The van der Waals surface area contributed by atoms with E-state index in [0.29, 0.717) is 75.3 Å². The molecule has 0 aliphatic carbocycles. The zero-order chi connectivity index (χ0) is 37.1. The van der Waals surface area contributed by atoms with E-state index in [-0.39, 0.29) is 35.6 Å². The summed E-state index contributed by atoms with van der Waals surface area (Å²) in [5.41, 5.74) is 4.33. The highest BCUT2D eigenvalue weighted by atomic mass is 32.2. The van der Waals surface area contributed by atoms with Crippen molar-refractivity contribution >= 4 is 29.3 Å². The molecule has 282 valence electrons. The van der Waals surface area contributed by atoms with Crippen LogP contribution >= 0.6 is 11.8 Å². The quantitative estimate of drug-likeness (QED) is 0.0981. The molecule has 2 heterocycles. The zero-order valence-electron chi connectivity index (χ0n) is 31.2. The number of phenolic OH excluding ortho intramolecular Hbond substituents is 2. The summed E-state index contributed by atoms with van der Waals surface area (Å²) in [5, 5.41) is 27.4. The first-order valence-electron chi connectivity index (χ1n) is 18.6. The predicted molar refractivity (Wildman–Crippen MR) is 209 cm³/mol. The second-order valence-corrected chi connectivity index (χ2v) is 15.1. The van der Waals surface area contributed by atoms with E-state index in [1.807, 2.05) is 35.4 Å². The standard InChI is InChI=1S/C41H56N4O6S/c1-29(2)44-21-17-41(18-22-44,33-8-6-5-7-9-33)34-26-31(10-12-35(34)46)15-24-50-25-16-38(49)45(30(3)28-52-4)23-20-42-19-14-32-11-13-36(47)39-40(32)51-27-37(48)43-39/h5-13,26,29-30,42,46-47H,14-25,27-28H2,1-4H3,(H,43,48). The van der Waals surface area contributed by atoms with E-state index in [2.05, 4.69) is 66.6 Å². The van der Waals surface area contributed by atoms with Gasteiger partial charge in [0.2, 0.25) is 5.91 Å². The van der Waals surface area contributed by atoms with Crippen LogP contribution in [0.25, 0.3) is 0 Å². The first-order valence-corrected chi connectivity index (χ1v) is 20.0. The minimum atomic E-state index is -0.288. The molecule has 10 nitrogen and oxygen atoms in total. The Morgan fingerprint density at radius 3 is 2.50 bits per heavy atom. The third-order valence-electron chi connectivity index (χ3n) is 10.5. The van der Waals surface area contributed by atoms with Crippen LogP contribution in [-0.2, 0) is 32.6 Å². The minimum Gasteiger partial charge on any atom is -0.508 e. The molecule has 1 atom stereocenters. The first-order chi connectivity index (χ1) is 25.1. The van der Waals surface area contributed by atoms with Gasteiger partial charge in [0.05, 0.1) is 19.6 Å². The van der Waals surface area contributed by atoms with Crippen molar-refractivity contribution in [3.8, 4) is 17.2 Å². The topological polar surface area (TPSA) is 124 Å². The Hall–Kier alpha value is -3.77. The van der Waals surface area contributed by atoms with Crippen LogP contribution < -0.4 is 15.4 Å². The highest BCUT2D eigenvalue weighted by Gasteiger charge is 2.40. The number of carbonyl (C=O) groups excluding carboxylic acids is 2. The number of ether oxygens (including phenoxy) is 2. The number of piperidine rings is 1. The van der Waals surface area contributed by atoms with Crippen molar-refractivity contribution in [1.82, 2.24) is 15.1 Å². The van der Waals surface area contributed by atoms with Gasteiger partial charge in [0.25, 0.3) is 5.91 Å². The lowest BCUT2D eigenvalue weighted by Gasteiger charge is -2.44. The first kappa shape index (κ1) is 39.4. The summed E-state index contributed by atoms with van der Waals surface area (Å²) in [6, 6.07) is 20.5. The fourth-order valence-corrected chi connectivity index (χ4v) is 8.15. The molecule has 0 saturated carbocycles. The normalized spacial score (nSPS) is 16.2. The van der Waals surface area contributed by atoms with E-state index < -0.39 is 0 Å². The number of hydrogen-bond acceptors (Lipinski definition) is 9. The Balaban J connectivity index is 1.11. The number of phenols is 2. The Bertz CT molecular complexity index is 1630. The summed E-state index contributed by atoms with van der Waals surface area (Å²) in [6.45, 7) is 11.2. The van der Waals surface area contributed by atoms with Crippen LogP contribution in [0.4, 0.5) is 5.69 Å². The van der Waals surface area contributed by atoms with Crippen LogP contribution in [0.5, 0.6) is 17.2 Å². The molecule has 52 heavy (non-hydrogen) atoms. The number of anilines is 1. The Morgan fingerprint density at radius 2 is 1.77 bits per heavy atom. The molecular formula is C41H56N4O6S. The summed E-state index contributed by atoms with van der Waals surface area (Å²) < 4.78 is 11.6. The van der Waals surface area contributed by atoms with Gasteiger partial charge in [-0.25, -0.2) is 0 Å². The maximum absolute atomic E-state index is 13.4. The molecule has 0 radical (unpaired) electrons. The predicted octanol–water partition coefficient (Wildman–Crippen LogP) is 5.58. The number of fused-ring (bicyclic) bond motifs is 1. The number of aromatic hydroxyl groups is 2. The number of nitrogens with zero attached hydrogens (tertiary/aromatic N) is 2. The number of likely N-dealkylation sites (tertiary alicyclic amines) is 1. The summed E-state index contributed by atoms with van der Waals surface area (Å²) >= 11 is 1.72. The summed E-state index contributed by atoms with van der Waals surface area (Å²) in [7, 11) is 0. The van der Waals surface area contributed by atoms with Crippen molar-refractivity contribution in [2.45, 2.75) is 70.4 Å². The van der Waals surface area contributed by atoms with Crippen molar-refractivity contribution in [3.63, 3.8) is 0 Å². The molecule has 2 amide bonds. The second kappa shape index (κ2) is 18.8. The number of hydrogen-bond donors (Lipinski definition) is 4. The number of nitrogens with one attached hydrogen (secondary N) is 2. The van der Waals surface area contributed by atoms with Crippen molar-refractivity contribution in [2.24, 2.45) is 0 Å². The van der Waals surface area contributed by atoms with Gasteiger partial charge in [0.15, 0.2) is 12.4 Å². The average molecular weight is 733 g/mol. The molecule has 5 rings (SSSR count). The van der Waals surface area contributed by atoms with Gasteiger partial charge in [0.1, 0.15) is 17.2 Å². The van der Waals surface area contributed by atoms with Crippen LogP contribution in [0.3, 0.4) is 0 Å². The minimum absolute atomic E-state index is 0.0139. The Kier molecular flexibility index (Phi) is 14.3. The summed E-state index contributed by atoms with van der Waals surface area (Å²) in [6.07, 6.45) is 5.60. The zero-order valence-corrected chi connectivity index (χ0v) is 32.0. The molecule has 4 N–H and O–H groups in total. The fourth-order valence-electron chi connectivity index (χ4n) is 7.49. The monoisotopic (exact) mass is 732 g/mol. The maximum atomic E-state index is 13.4. The van der Waals surface area contributed by atoms with E-state index in [0.717, 1.165) is 48.4 Å². The van der Waals surface area contributed by atoms with E-state index in [4.69, 9.17) is 9.47 Å². The third-order valence-corrected chi connectivity index (χ3v) is 11.3. The van der Waals surface area contributed by atoms with Crippen molar-refractivity contribution in [3.05, 3.63) is 82.9 Å². The lowest BCUT2D eigenvalue weighted by atomic mass is 9.67. The molecule has 0 aromatic heterocycles. The van der Waals surface area contributed by atoms with Gasteiger partial charge in [-0.1, -0.05) is 48.5 Å². The van der Waals surface area contributed by atoms with Crippen molar-refractivity contribution < 1.29 is 29.3 Å². The lowest BCUT2D eigenvalue weighted by Crippen LogP contribution is -2.45. The maximum Gasteiger partial charge on any atom is 0.262 e. The van der Waals surface area contributed by atoms with Gasteiger partial charge in [-0.2, -0.15) is 11.8 Å². The molecule has 0 bridgehead atoms. The van der Waals surface area contributed by atoms with Gasteiger partial charge < -0.3 is 40.1 Å². The number of rotatable bonds is 18. The molecule has 11 heteroatoms. The van der Waals surface area contributed by atoms with Gasteiger partial charge in [-0.3, -0.25) is 9.59 Å². The highest BCUT2D eigenvalue weighted by Crippen LogP contribution is 2.46. The number of thioether (sulfide) groups is 1. The van der Waals surface area contributed by atoms with Crippen LogP contribution in [0.2, 0.25) is 0 Å². The smallest absolute Gasteiger partial charge is 0.262 e. The van der Waals surface area contributed by atoms with E-state index in [9.17, 15) is 19.8 Å². The number of amides is 2. The SMILES string of the molecule is CSCC(C)N(CCNCCc1ccc(O)c2c1OCC(=O)N2)C(=O)CCOCCc1ccc(O)c(C2(c3ccccc3)CCN(C(C)C)CC2)c1. The molecule has 2 aliphatic heterocycles. The number of carbonyl (C=O) groups is 2. The second-order valence-electron chi connectivity index (χ2n) is 14.2. The van der Waals surface area contributed by atoms with E-state index >= 15 is 0 Å². The largest absolute Gasteiger partial charge is 0.508 e. The molecule has 2 aliphatic rings. The number of benzene rings is 3. The average Bonchev–Trinajstić information content (AvgIpc) is 3.14. The Labute approximate surface area is 313 Å². The fraction of sp³-hybridized carbons (Fsp3) is 0.512. The molecule has 3 aromatic rings. The van der Waals surface area contributed by atoms with Crippen LogP contribution in [-0.4, -0.2) is 108 Å². The summed E-state index contributed by atoms with van der Waals surface area (Å²) in [5.74, 6) is 1.47. The Morgan fingerprint density at radius 1 is 1.02 bits per heavy atom. The van der Waals surface area contributed by atoms with Crippen molar-refractivity contribution in [2.75, 3.05) is 69.9 Å². The van der Waals surface area contributed by atoms with E-state index in [1.165, 1.54) is 5.56 Å². The molecule has 3 aromatic carbocycles. The van der Waals surface area contributed by atoms with Crippen LogP contribution in [0, 0.1) is 0 Å². The van der Waals surface area contributed by atoms with Gasteiger partial charge in [0, 0.05) is 41.9 Å². The molecule has 1 saturated heterocycles. The van der Waals surface area contributed by atoms with Crippen LogP contribution in [0.15, 0.2) is 60.7 Å². The van der Waals surface area contributed by atoms with E-state index in [1.54, 1.807) is 17.8 Å². The van der Waals surface area contributed by atoms with Gasteiger partial charge in [-0.15, -0.1) is 0 Å². The van der Waals surface area contributed by atoms with Gasteiger partial charge in [-0.05, 0) is 101 Å². The van der Waals surface area contributed by atoms with Crippen LogP contribution in [0.1, 0.15) is 62.3 Å². The lowest BCUT2D eigenvalue weighted by molar-refractivity contribution is -0.133. The molecule has 1 fully saturated rings.